The van der Waals surface area contributed by atoms with Gasteiger partial charge in [0.05, 0.1) is 17.3 Å². The monoisotopic (exact) mass is 426 g/mol. The lowest BCUT2D eigenvalue weighted by atomic mass is 10.3. The second kappa shape index (κ2) is 11.0. The maximum atomic E-state index is 10.8. The van der Waals surface area contributed by atoms with Crippen LogP contribution >= 0.6 is 11.8 Å². The lowest BCUT2D eigenvalue weighted by molar-refractivity contribution is 0.0295. The van der Waals surface area contributed by atoms with Crippen LogP contribution < -0.4 is 11.1 Å². The van der Waals surface area contributed by atoms with Gasteiger partial charge in [0, 0.05) is 48.5 Å². The fourth-order valence-corrected chi connectivity index (χ4v) is 2.58. The minimum atomic E-state index is -3.00. The van der Waals surface area contributed by atoms with Crippen LogP contribution in [0.2, 0.25) is 0 Å². The molecule has 0 aliphatic carbocycles. The Kier molecular flexibility index (Phi) is 8.36. The Morgan fingerprint density at radius 1 is 1.33 bits per heavy atom. The van der Waals surface area contributed by atoms with Crippen LogP contribution in [0.25, 0.3) is 16.9 Å². The second-order valence-electron chi connectivity index (χ2n) is 5.85. The number of allylic oxidation sites excluding steroid dienone is 1. The third-order valence-corrected chi connectivity index (χ3v) is 4.00. The van der Waals surface area contributed by atoms with E-state index in [1.807, 2.05) is 28.3 Å². The highest BCUT2D eigenvalue weighted by Crippen LogP contribution is 2.16. The smallest absolute Gasteiger partial charge is 0.297 e. The Balaban J connectivity index is 0.000000575. The SMILES string of the molecule is C#CN/C(C#Cc1cnc(-n2ccc3ccncc32)nc1)=C\SCC.CC(N)(F)F. The van der Waals surface area contributed by atoms with E-state index in [4.69, 9.17) is 6.42 Å². The van der Waals surface area contributed by atoms with Crippen molar-refractivity contribution < 1.29 is 8.78 Å². The molecular formula is C21H20F2N6S. The van der Waals surface area contributed by atoms with Crippen molar-refractivity contribution in [3.05, 3.63) is 59.8 Å². The van der Waals surface area contributed by atoms with Crippen LogP contribution in [0.15, 0.2) is 54.2 Å². The molecular weight excluding hydrogens is 406 g/mol. The first-order valence-corrected chi connectivity index (χ1v) is 9.82. The van der Waals surface area contributed by atoms with Crippen LogP contribution in [0.1, 0.15) is 19.4 Å². The fraction of sp³-hybridized carbons (Fsp3) is 0.190. The van der Waals surface area contributed by atoms with E-state index in [1.165, 1.54) is 0 Å². The zero-order valence-corrected chi connectivity index (χ0v) is 17.3. The maximum Gasteiger partial charge on any atom is 0.297 e. The van der Waals surface area contributed by atoms with Crippen LogP contribution in [0.4, 0.5) is 8.78 Å². The molecule has 0 amide bonds. The van der Waals surface area contributed by atoms with Gasteiger partial charge >= 0.3 is 0 Å². The van der Waals surface area contributed by atoms with Crippen molar-refractivity contribution in [2.75, 3.05) is 5.75 Å². The van der Waals surface area contributed by atoms with Crippen molar-refractivity contribution in [3.63, 3.8) is 0 Å². The average molecular weight is 426 g/mol. The summed E-state index contributed by atoms with van der Waals surface area (Å²) in [5, 5.41) is 5.78. The van der Waals surface area contributed by atoms with Crippen LogP contribution in [0.5, 0.6) is 0 Å². The number of fused-ring (bicyclic) bond motifs is 1. The maximum absolute atomic E-state index is 10.8. The van der Waals surface area contributed by atoms with E-state index in [9.17, 15) is 8.78 Å². The molecule has 9 heteroatoms. The molecule has 0 fully saturated rings. The number of pyridine rings is 1. The minimum absolute atomic E-state index is 0.576. The number of hydrogen-bond donors (Lipinski definition) is 2. The zero-order chi connectivity index (χ0) is 22.0. The van der Waals surface area contributed by atoms with Crippen molar-refractivity contribution in [1.29, 1.82) is 0 Å². The number of terminal acetylenes is 1. The van der Waals surface area contributed by atoms with Gasteiger partial charge in [-0.1, -0.05) is 19.3 Å². The number of thioether (sulfide) groups is 1. The topological polar surface area (TPSA) is 81.7 Å². The molecule has 0 unspecified atom stereocenters. The van der Waals surface area contributed by atoms with Crippen molar-refractivity contribution in [2.45, 2.75) is 19.9 Å². The summed E-state index contributed by atoms with van der Waals surface area (Å²) in [5.74, 6) is 7.54. The van der Waals surface area contributed by atoms with Crippen molar-refractivity contribution in [1.82, 2.24) is 24.8 Å². The Morgan fingerprint density at radius 2 is 2.03 bits per heavy atom. The highest BCUT2D eigenvalue weighted by atomic mass is 32.2. The van der Waals surface area contributed by atoms with E-state index in [-0.39, 0.29) is 0 Å². The number of alkyl halides is 2. The molecule has 154 valence electrons. The molecule has 0 bridgehead atoms. The number of rotatable bonds is 4. The Labute approximate surface area is 178 Å². The quantitative estimate of drug-likeness (QED) is 0.378. The first-order chi connectivity index (χ1) is 14.3. The first-order valence-electron chi connectivity index (χ1n) is 8.77. The van der Waals surface area contributed by atoms with E-state index in [0.717, 1.165) is 16.7 Å². The molecule has 3 aromatic heterocycles. The Hall–Kier alpha value is -3.40. The summed E-state index contributed by atoms with van der Waals surface area (Å²) >= 11 is 1.63. The molecule has 0 aromatic carbocycles. The molecule has 0 radical (unpaired) electrons. The molecule has 3 heterocycles. The predicted octanol–water partition coefficient (Wildman–Crippen LogP) is 3.50. The lowest BCUT2D eigenvalue weighted by Gasteiger charge is -2.02. The molecule has 0 aliphatic rings. The van der Waals surface area contributed by atoms with Crippen LogP contribution in [0.3, 0.4) is 0 Å². The molecule has 0 aliphatic heterocycles. The van der Waals surface area contributed by atoms with E-state index in [1.54, 1.807) is 36.5 Å². The molecule has 6 nitrogen and oxygen atoms in total. The van der Waals surface area contributed by atoms with Gasteiger partial charge in [-0.2, -0.15) is 8.78 Å². The molecule has 3 rings (SSSR count). The Bertz CT molecular complexity index is 1090. The molecule has 0 spiro atoms. The number of nitrogens with two attached hydrogens (primary N) is 1. The Morgan fingerprint density at radius 3 is 2.67 bits per heavy atom. The minimum Gasteiger partial charge on any atom is -0.307 e. The number of halogens is 2. The van der Waals surface area contributed by atoms with Crippen molar-refractivity contribution in [3.8, 4) is 30.3 Å². The molecule has 30 heavy (non-hydrogen) atoms. The summed E-state index contributed by atoms with van der Waals surface area (Å²) in [6.07, 6.45) is 14.1. The summed E-state index contributed by atoms with van der Waals surface area (Å²) in [4.78, 5) is 12.9. The van der Waals surface area contributed by atoms with Gasteiger partial charge in [-0.25, -0.2) is 9.97 Å². The summed E-state index contributed by atoms with van der Waals surface area (Å²) in [5.41, 5.74) is 6.37. The molecule has 0 saturated carbocycles. The van der Waals surface area contributed by atoms with E-state index in [0.29, 0.717) is 24.1 Å². The second-order valence-corrected chi connectivity index (χ2v) is 7.00. The fourth-order valence-electron chi connectivity index (χ4n) is 2.13. The molecule has 0 atom stereocenters. The number of aromatic nitrogens is 4. The highest BCUT2D eigenvalue weighted by molar-refractivity contribution is 8.02. The first kappa shape index (κ1) is 22.9. The molecule has 0 saturated heterocycles. The van der Waals surface area contributed by atoms with Gasteiger partial charge in [-0.3, -0.25) is 15.3 Å². The van der Waals surface area contributed by atoms with Gasteiger partial charge in [-0.05, 0) is 23.8 Å². The van der Waals surface area contributed by atoms with Gasteiger partial charge in [0.25, 0.3) is 6.05 Å². The van der Waals surface area contributed by atoms with E-state index >= 15 is 0 Å². The van der Waals surface area contributed by atoms with Gasteiger partial charge < -0.3 is 5.32 Å². The van der Waals surface area contributed by atoms with Crippen LogP contribution in [-0.4, -0.2) is 31.3 Å². The van der Waals surface area contributed by atoms with Gasteiger partial charge in [-0.15, -0.1) is 11.8 Å². The molecule has 3 N–H and O–H groups in total. The lowest BCUT2D eigenvalue weighted by Crippen LogP contribution is -2.22. The summed E-state index contributed by atoms with van der Waals surface area (Å²) in [7, 11) is 0. The predicted molar refractivity (Wildman–Crippen MR) is 117 cm³/mol. The standard InChI is InChI=1S/C19H15N5S.C2H5F2N/c1-3-21-17(14-25-4-2)6-5-15-11-22-19(23-12-15)24-10-8-16-7-9-20-13-18(16)24;1-2(3,4)5/h1,7-14,21H,4H2,2H3;5H2,1H3/b17-14-;. The zero-order valence-electron chi connectivity index (χ0n) is 16.4. The normalized spacial score (nSPS) is 11.0. The number of nitrogens with one attached hydrogen (secondary N) is 1. The average Bonchev–Trinajstić information content (AvgIpc) is 3.13. The number of nitrogens with zero attached hydrogens (tertiary/aromatic N) is 4. The number of hydrogen-bond acceptors (Lipinski definition) is 6. The van der Waals surface area contributed by atoms with Crippen LogP contribution in [-0.2, 0) is 0 Å². The summed E-state index contributed by atoms with van der Waals surface area (Å²) in [6.45, 7) is 2.70. The van der Waals surface area contributed by atoms with Gasteiger partial charge in [0.2, 0.25) is 5.95 Å². The summed E-state index contributed by atoms with van der Waals surface area (Å²) < 4.78 is 23.5. The van der Waals surface area contributed by atoms with Gasteiger partial charge in [0.1, 0.15) is 5.70 Å². The van der Waals surface area contributed by atoms with Crippen molar-refractivity contribution in [2.24, 2.45) is 5.73 Å². The van der Waals surface area contributed by atoms with Gasteiger partial charge in [0.15, 0.2) is 0 Å². The highest BCUT2D eigenvalue weighted by Gasteiger charge is 2.09. The van der Waals surface area contributed by atoms with E-state index in [2.05, 4.69) is 50.8 Å². The van der Waals surface area contributed by atoms with E-state index < -0.39 is 6.05 Å². The van der Waals surface area contributed by atoms with Crippen LogP contribution in [0, 0.1) is 24.3 Å². The molecule has 3 aromatic rings. The van der Waals surface area contributed by atoms with Crippen molar-refractivity contribution >= 4 is 22.7 Å². The summed E-state index contributed by atoms with van der Waals surface area (Å²) in [6, 6.07) is 3.34. The third kappa shape index (κ3) is 7.55. The largest absolute Gasteiger partial charge is 0.307 e. The third-order valence-electron chi connectivity index (χ3n) is 3.27.